The molecule has 0 aliphatic carbocycles. The second-order valence-electron chi connectivity index (χ2n) is 3.94. The Morgan fingerprint density at radius 3 is 2.56 bits per heavy atom. The molecule has 0 aliphatic heterocycles. The number of halogens is 1. The van der Waals surface area contributed by atoms with Crippen LogP contribution in [0.15, 0.2) is 0 Å². The Balaban J connectivity index is 3.26. The first-order chi connectivity index (χ1) is 8.42. The maximum atomic E-state index is 11.4. The van der Waals surface area contributed by atoms with E-state index in [1.54, 1.807) is 0 Å². The van der Waals surface area contributed by atoms with E-state index >= 15 is 0 Å². The molecule has 100 valence electrons. The van der Waals surface area contributed by atoms with E-state index in [-0.39, 0.29) is 22.7 Å². The van der Waals surface area contributed by atoms with Crippen LogP contribution in [0.3, 0.4) is 0 Å². The highest BCUT2D eigenvalue weighted by molar-refractivity contribution is 6.32. The molecule has 1 aromatic rings. The molecule has 1 aromatic heterocycles. The molecule has 7 heteroatoms. The van der Waals surface area contributed by atoms with E-state index in [4.69, 9.17) is 17.3 Å². The van der Waals surface area contributed by atoms with Crippen molar-refractivity contribution in [1.82, 2.24) is 9.97 Å². The molecule has 0 unspecified atom stereocenters. The number of hydrogen-bond donors (Lipinski definition) is 1. The van der Waals surface area contributed by atoms with E-state index in [2.05, 4.69) is 14.7 Å². The van der Waals surface area contributed by atoms with Gasteiger partial charge in [0.15, 0.2) is 22.5 Å². The molecule has 0 aromatic carbocycles. The first kappa shape index (κ1) is 14.5. The van der Waals surface area contributed by atoms with Crippen molar-refractivity contribution < 1.29 is 9.53 Å². The predicted octanol–water partition coefficient (Wildman–Crippen LogP) is 1.73. The van der Waals surface area contributed by atoms with Gasteiger partial charge in [-0.3, -0.25) is 0 Å². The summed E-state index contributed by atoms with van der Waals surface area (Å²) in [6.07, 6.45) is 0. The van der Waals surface area contributed by atoms with E-state index in [9.17, 15) is 4.79 Å². The fourth-order valence-corrected chi connectivity index (χ4v) is 1.84. The molecule has 0 spiro atoms. The zero-order valence-electron chi connectivity index (χ0n) is 10.9. The van der Waals surface area contributed by atoms with Crippen molar-refractivity contribution in [1.29, 1.82) is 0 Å². The number of rotatable bonds is 4. The minimum atomic E-state index is -0.652. The summed E-state index contributed by atoms with van der Waals surface area (Å²) in [5.74, 6) is -0.166. The van der Waals surface area contributed by atoms with Gasteiger partial charge in [0.05, 0.1) is 7.11 Å². The highest BCUT2D eigenvalue weighted by atomic mass is 35.5. The van der Waals surface area contributed by atoms with Gasteiger partial charge in [0.1, 0.15) is 0 Å². The summed E-state index contributed by atoms with van der Waals surface area (Å²) >= 11 is 6.04. The Labute approximate surface area is 111 Å². The molecule has 0 aliphatic rings. The highest BCUT2D eigenvalue weighted by Crippen LogP contribution is 2.25. The lowest BCUT2D eigenvalue weighted by atomic mass is 10.3. The van der Waals surface area contributed by atoms with Crippen LogP contribution >= 0.6 is 11.6 Å². The molecule has 2 N–H and O–H groups in total. The first-order valence-electron chi connectivity index (χ1n) is 5.60. The van der Waals surface area contributed by atoms with E-state index in [0.717, 1.165) is 0 Å². The maximum Gasteiger partial charge on any atom is 0.360 e. The van der Waals surface area contributed by atoms with Gasteiger partial charge in [0.2, 0.25) is 0 Å². The SMILES string of the molecule is CCN(c1nc(N)c(C(=O)OC)nc1Cl)C(C)C. The van der Waals surface area contributed by atoms with Gasteiger partial charge < -0.3 is 15.4 Å². The molecule has 1 rings (SSSR count). The van der Waals surface area contributed by atoms with Gasteiger partial charge in [0.25, 0.3) is 0 Å². The normalized spacial score (nSPS) is 10.6. The number of methoxy groups -OCH3 is 1. The van der Waals surface area contributed by atoms with Crippen molar-refractivity contribution in [2.45, 2.75) is 26.8 Å². The second kappa shape index (κ2) is 5.86. The summed E-state index contributed by atoms with van der Waals surface area (Å²) in [7, 11) is 1.25. The lowest BCUT2D eigenvalue weighted by Gasteiger charge is -2.27. The molecule has 1 heterocycles. The largest absolute Gasteiger partial charge is 0.464 e. The zero-order valence-corrected chi connectivity index (χ0v) is 11.7. The molecule has 18 heavy (non-hydrogen) atoms. The van der Waals surface area contributed by atoms with Crippen LogP contribution in [0.4, 0.5) is 11.6 Å². The Kier molecular flexibility index (Phi) is 4.72. The van der Waals surface area contributed by atoms with E-state index in [0.29, 0.717) is 12.4 Å². The van der Waals surface area contributed by atoms with Crippen LogP contribution in [0.2, 0.25) is 5.15 Å². The molecule has 6 nitrogen and oxygen atoms in total. The van der Waals surface area contributed by atoms with Crippen LogP contribution in [-0.4, -0.2) is 35.6 Å². The molecular weight excluding hydrogens is 256 g/mol. The van der Waals surface area contributed by atoms with Crippen molar-refractivity contribution in [3.63, 3.8) is 0 Å². The molecule has 0 saturated heterocycles. The minimum Gasteiger partial charge on any atom is -0.464 e. The predicted molar refractivity (Wildman–Crippen MR) is 70.9 cm³/mol. The van der Waals surface area contributed by atoms with Crippen molar-refractivity contribution in [2.75, 3.05) is 24.3 Å². The van der Waals surface area contributed by atoms with E-state index in [1.807, 2.05) is 25.7 Å². The molecule has 0 bridgehead atoms. The number of carbonyl (C=O) groups excluding carboxylic acids is 1. The maximum absolute atomic E-state index is 11.4. The number of hydrogen-bond acceptors (Lipinski definition) is 6. The Morgan fingerprint density at radius 2 is 2.11 bits per heavy atom. The average Bonchev–Trinajstić information content (AvgIpc) is 2.32. The average molecular weight is 273 g/mol. The third-order valence-electron chi connectivity index (χ3n) is 2.48. The number of anilines is 2. The third-order valence-corrected chi connectivity index (χ3v) is 2.73. The standard InChI is InChI=1S/C11H17ClN4O2/c1-5-16(6(2)3)10-8(12)14-7(9(13)15-10)11(17)18-4/h6H,5H2,1-4H3,(H2,13,15). The summed E-state index contributed by atoms with van der Waals surface area (Å²) in [6.45, 7) is 6.70. The van der Waals surface area contributed by atoms with Crippen LogP contribution in [0, 0.1) is 0 Å². The number of aromatic nitrogens is 2. The Morgan fingerprint density at radius 1 is 1.50 bits per heavy atom. The fourth-order valence-electron chi connectivity index (χ4n) is 1.61. The Bertz CT molecular complexity index is 451. The number of nitrogen functional groups attached to an aromatic ring is 1. The van der Waals surface area contributed by atoms with Crippen LogP contribution in [0.1, 0.15) is 31.3 Å². The topological polar surface area (TPSA) is 81.3 Å². The van der Waals surface area contributed by atoms with Gasteiger partial charge >= 0.3 is 5.97 Å². The van der Waals surface area contributed by atoms with Crippen LogP contribution < -0.4 is 10.6 Å². The quantitative estimate of drug-likeness (QED) is 0.841. The van der Waals surface area contributed by atoms with Gasteiger partial charge in [-0.25, -0.2) is 14.8 Å². The number of ether oxygens (including phenoxy) is 1. The highest BCUT2D eigenvalue weighted by Gasteiger charge is 2.21. The van der Waals surface area contributed by atoms with Gasteiger partial charge in [-0.05, 0) is 20.8 Å². The summed E-state index contributed by atoms with van der Waals surface area (Å²) < 4.78 is 4.55. The molecule has 0 atom stereocenters. The van der Waals surface area contributed by atoms with Crippen molar-refractivity contribution in [3.05, 3.63) is 10.8 Å². The van der Waals surface area contributed by atoms with Crippen LogP contribution in [0.25, 0.3) is 0 Å². The molecule has 0 fully saturated rings. The van der Waals surface area contributed by atoms with Crippen molar-refractivity contribution >= 4 is 29.2 Å². The van der Waals surface area contributed by atoms with Gasteiger partial charge in [-0.15, -0.1) is 0 Å². The van der Waals surface area contributed by atoms with Gasteiger partial charge in [-0.1, -0.05) is 11.6 Å². The van der Waals surface area contributed by atoms with E-state index < -0.39 is 5.97 Å². The lowest BCUT2D eigenvalue weighted by Crippen LogP contribution is -2.32. The Hall–Kier alpha value is -1.56. The number of nitrogens with two attached hydrogens (primary N) is 1. The van der Waals surface area contributed by atoms with E-state index in [1.165, 1.54) is 7.11 Å². The van der Waals surface area contributed by atoms with Crippen molar-refractivity contribution in [2.24, 2.45) is 0 Å². The molecule has 0 saturated carbocycles. The smallest absolute Gasteiger partial charge is 0.360 e. The fraction of sp³-hybridized carbons (Fsp3) is 0.545. The summed E-state index contributed by atoms with van der Waals surface area (Å²) in [5, 5.41) is 0.139. The first-order valence-corrected chi connectivity index (χ1v) is 5.98. The monoisotopic (exact) mass is 272 g/mol. The minimum absolute atomic E-state index is 0.0142. The number of nitrogens with zero attached hydrogens (tertiary/aromatic N) is 3. The van der Waals surface area contributed by atoms with Crippen LogP contribution in [-0.2, 0) is 4.74 Å². The third kappa shape index (κ3) is 2.81. The molecule has 0 radical (unpaired) electrons. The molecular formula is C11H17ClN4O2. The van der Waals surface area contributed by atoms with Crippen molar-refractivity contribution in [3.8, 4) is 0 Å². The van der Waals surface area contributed by atoms with Crippen LogP contribution in [0.5, 0.6) is 0 Å². The number of carbonyl (C=O) groups is 1. The van der Waals surface area contributed by atoms with Gasteiger partial charge in [0, 0.05) is 12.6 Å². The van der Waals surface area contributed by atoms with Gasteiger partial charge in [-0.2, -0.15) is 0 Å². The summed E-state index contributed by atoms with van der Waals surface area (Å²) in [6, 6.07) is 0.199. The zero-order chi connectivity index (χ0) is 13.9. The summed E-state index contributed by atoms with van der Waals surface area (Å²) in [5.41, 5.74) is 5.64. The summed E-state index contributed by atoms with van der Waals surface area (Å²) in [4.78, 5) is 21.4. The number of esters is 1. The molecule has 0 amide bonds. The lowest BCUT2D eigenvalue weighted by molar-refractivity contribution is 0.0595. The second-order valence-corrected chi connectivity index (χ2v) is 4.30.